The number of imide groups is 1. The first-order chi connectivity index (χ1) is 12.5. The Labute approximate surface area is 157 Å². The van der Waals surface area contributed by atoms with Crippen molar-refractivity contribution in [3.05, 3.63) is 46.3 Å². The van der Waals surface area contributed by atoms with E-state index in [1.54, 1.807) is 23.6 Å². The minimum Gasteiger partial charge on any atom is -0.454 e. The van der Waals surface area contributed by atoms with Crippen molar-refractivity contribution in [3.8, 4) is 0 Å². The zero-order valence-corrected chi connectivity index (χ0v) is 15.3. The number of aromatic nitrogens is 1. The van der Waals surface area contributed by atoms with Crippen LogP contribution in [0.2, 0.25) is 0 Å². The molecule has 1 atom stereocenters. The van der Waals surface area contributed by atoms with Gasteiger partial charge in [-0.1, -0.05) is 17.8 Å². The summed E-state index contributed by atoms with van der Waals surface area (Å²) in [7, 11) is 1.43. The minimum atomic E-state index is -0.698. The highest BCUT2D eigenvalue weighted by Gasteiger charge is 2.37. The maximum atomic E-state index is 12.3. The first-order valence-corrected chi connectivity index (χ1v) is 9.39. The fourth-order valence-corrected chi connectivity index (χ4v) is 4.11. The number of thioether (sulfide) groups is 1. The molecule has 0 bridgehead atoms. The van der Waals surface area contributed by atoms with Crippen molar-refractivity contribution in [3.63, 3.8) is 0 Å². The number of rotatable bonds is 6. The van der Waals surface area contributed by atoms with Crippen LogP contribution in [0.25, 0.3) is 0 Å². The van der Waals surface area contributed by atoms with Gasteiger partial charge in [-0.25, -0.2) is 9.78 Å². The maximum Gasteiger partial charge on any atom is 0.341 e. The normalized spacial score (nSPS) is 16.8. The molecule has 0 N–H and O–H groups in total. The van der Waals surface area contributed by atoms with Crippen LogP contribution in [0.3, 0.4) is 0 Å². The number of thiophene rings is 1. The highest BCUT2D eigenvalue weighted by atomic mass is 32.2. The Bertz CT molecular complexity index is 866. The molecule has 0 spiro atoms. The molecule has 1 aliphatic rings. The third kappa shape index (κ3) is 3.83. The lowest BCUT2D eigenvalue weighted by molar-refractivity contribution is -0.136. The number of carbonyl (C=O) groups excluding carboxylic acids is 4. The van der Waals surface area contributed by atoms with E-state index >= 15 is 0 Å². The van der Waals surface area contributed by atoms with Gasteiger partial charge >= 0.3 is 5.97 Å². The number of hydrogen-bond donors (Lipinski definition) is 0. The molecule has 7 nitrogen and oxygen atoms in total. The summed E-state index contributed by atoms with van der Waals surface area (Å²) in [6.07, 6.45) is 1.54. The van der Waals surface area contributed by atoms with Crippen LogP contribution in [0.4, 0.5) is 0 Å². The van der Waals surface area contributed by atoms with Gasteiger partial charge in [0.25, 0.3) is 0 Å². The lowest BCUT2D eigenvalue weighted by Gasteiger charge is -2.11. The summed E-state index contributed by atoms with van der Waals surface area (Å²) in [5, 5.41) is 1.44. The molecule has 2 aromatic heterocycles. The first-order valence-electron chi connectivity index (χ1n) is 7.63. The summed E-state index contributed by atoms with van der Waals surface area (Å²) in [5.74, 6) is -1.58. The lowest BCUT2D eigenvalue weighted by atomic mass is 10.3. The average molecular weight is 390 g/mol. The fraction of sp³-hybridized carbons (Fsp3) is 0.235. The van der Waals surface area contributed by atoms with Gasteiger partial charge in [-0.2, -0.15) is 0 Å². The van der Waals surface area contributed by atoms with Crippen LogP contribution in [-0.2, 0) is 14.3 Å². The Hall–Kier alpha value is -2.52. The third-order valence-electron chi connectivity index (χ3n) is 3.72. The number of ether oxygens (including phenoxy) is 1. The second kappa shape index (κ2) is 7.79. The zero-order valence-electron chi connectivity index (χ0n) is 13.7. The van der Waals surface area contributed by atoms with E-state index < -0.39 is 11.2 Å². The molecule has 0 aromatic carbocycles. The van der Waals surface area contributed by atoms with Gasteiger partial charge in [-0.05, 0) is 23.6 Å². The van der Waals surface area contributed by atoms with Crippen molar-refractivity contribution in [2.75, 3.05) is 13.7 Å². The number of ketones is 1. The number of nitrogens with zero attached hydrogens (tertiary/aromatic N) is 2. The monoisotopic (exact) mass is 390 g/mol. The second-order valence-corrected chi connectivity index (χ2v) is 7.57. The van der Waals surface area contributed by atoms with Crippen molar-refractivity contribution in [1.82, 2.24) is 9.88 Å². The predicted molar refractivity (Wildman–Crippen MR) is 95.2 cm³/mol. The number of pyridine rings is 1. The Kier molecular flexibility index (Phi) is 5.48. The van der Waals surface area contributed by atoms with E-state index in [2.05, 4.69) is 4.98 Å². The van der Waals surface area contributed by atoms with Crippen LogP contribution >= 0.6 is 23.1 Å². The standard InChI is InChI=1S/C17H14N2O5S2/c1-19-14(21)8-13(16(19)22)26-15-10(4-2-6-18-15)17(23)24-9-11(20)12-5-3-7-25-12/h2-7,13H,8-9H2,1H3. The summed E-state index contributed by atoms with van der Waals surface area (Å²) in [4.78, 5) is 53.7. The van der Waals surface area contributed by atoms with Crippen LogP contribution in [-0.4, -0.2) is 52.4 Å². The topological polar surface area (TPSA) is 93.6 Å². The first kappa shape index (κ1) is 18.3. The van der Waals surface area contributed by atoms with E-state index in [1.165, 1.54) is 30.6 Å². The molecule has 0 radical (unpaired) electrons. The van der Waals surface area contributed by atoms with Crippen LogP contribution < -0.4 is 0 Å². The molecule has 2 aromatic rings. The fourth-order valence-electron chi connectivity index (χ4n) is 2.31. The molecule has 0 aliphatic carbocycles. The number of Topliss-reactive ketones (excluding diaryl/α,β-unsaturated/α-hetero) is 1. The van der Waals surface area contributed by atoms with Crippen LogP contribution in [0, 0.1) is 0 Å². The van der Waals surface area contributed by atoms with E-state index in [-0.39, 0.29) is 36.2 Å². The van der Waals surface area contributed by atoms with Crippen molar-refractivity contribution in [2.24, 2.45) is 0 Å². The highest BCUT2D eigenvalue weighted by molar-refractivity contribution is 8.00. The number of hydrogen-bond acceptors (Lipinski definition) is 8. The highest BCUT2D eigenvalue weighted by Crippen LogP contribution is 2.31. The van der Waals surface area contributed by atoms with E-state index in [4.69, 9.17) is 4.74 Å². The van der Waals surface area contributed by atoms with Crippen molar-refractivity contribution in [2.45, 2.75) is 16.7 Å². The SMILES string of the molecule is CN1C(=O)CC(Sc2ncccc2C(=O)OCC(=O)c2cccs2)C1=O. The molecule has 1 saturated heterocycles. The molecule has 1 aliphatic heterocycles. The van der Waals surface area contributed by atoms with Gasteiger partial charge in [0, 0.05) is 19.7 Å². The molecule has 1 unspecified atom stereocenters. The van der Waals surface area contributed by atoms with Gasteiger partial charge in [0.05, 0.1) is 15.7 Å². The van der Waals surface area contributed by atoms with Crippen molar-refractivity contribution < 1.29 is 23.9 Å². The molecule has 9 heteroatoms. The molecule has 134 valence electrons. The lowest BCUT2D eigenvalue weighted by Crippen LogP contribution is -2.26. The van der Waals surface area contributed by atoms with Crippen LogP contribution in [0.1, 0.15) is 26.5 Å². The number of esters is 1. The molecule has 1 fully saturated rings. The molecule has 3 rings (SSSR count). The third-order valence-corrected chi connectivity index (χ3v) is 5.83. The maximum absolute atomic E-state index is 12.3. The van der Waals surface area contributed by atoms with Crippen LogP contribution in [0.15, 0.2) is 40.9 Å². The van der Waals surface area contributed by atoms with E-state index in [0.29, 0.717) is 9.90 Å². The summed E-state index contributed by atoms with van der Waals surface area (Å²) in [6.45, 7) is -0.373. The Morgan fingerprint density at radius 1 is 1.35 bits per heavy atom. The van der Waals surface area contributed by atoms with E-state index in [9.17, 15) is 19.2 Å². The van der Waals surface area contributed by atoms with Gasteiger partial charge in [0.15, 0.2) is 6.61 Å². The predicted octanol–water partition coefficient (Wildman–Crippen LogP) is 2.03. The van der Waals surface area contributed by atoms with Gasteiger partial charge < -0.3 is 4.74 Å². The smallest absolute Gasteiger partial charge is 0.341 e. The molecule has 2 amide bonds. The second-order valence-electron chi connectivity index (χ2n) is 5.43. The Morgan fingerprint density at radius 2 is 2.15 bits per heavy atom. The summed E-state index contributed by atoms with van der Waals surface area (Å²) in [6, 6.07) is 6.48. The molecular weight excluding hydrogens is 376 g/mol. The van der Waals surface area contributed by atoms with E-state index in [0.717, 1.165) is 16.7 Å². The Morgan fingerprint density at radius 3 is 2.81 bits per heavy atom. The van der Waals surface area contributed by atoms with Crippen molar-refractivity contribution in [1.29, 1.82) is 0 Å². The minimum absolute atomic E-state index is 0.0575. The summed E-state index contributed by atoms with van der Waals surface area (Å²) in [5.41, 5.74) is 0.159. The molecule has 0 saturated carbocycles. The molecular formula is C17H14N2O5S2. The summed E-state index contributed by atoms with van der Waals surface area (Å²) < 4.78 is 5.09. The average Bonchev–Trinajstić information content (AvgIpc) is 3.26. The summed E-state index contributed by atoms with van der Waals surface area (Å²) >= 11 is 2.32. The van der Waals surface area contributed by atoms with Gasteiger partial charge in [0.1, 0.15) is 5.03 Å². The molecule has 26 heavy (non-hydrogen) atoms. The molecule has 3 heterocycles. The van der Waals surface area contributed by atoms with Gasteiger partial charge in [0.2, 0.25) is 17.6 Å². The van der Waals surface area contributed by atoms with Gasteiger partial charge in [-0.3, -0.25) is 19.3 Å². The van der Waals surface area contributed by atoms with E-state index in [1.807, 2.05) is 0 Å². The van der Waals surface area contributed by atoms with Gasteiger partial charge in [-0.15, -0.1) is 11.3 Å². The number of likely N-dealkylation sites (tertiary alicyclic amines) is 1. The quantitative estimate of drug-likeness (QED) is 0.423. The largest absolute Gasteiger partial charge is 0.454 e. The zero-order chi connectivity index (χ0) is 18.7. The number of carbonyl (C=O) groups is 4. The van der Waals surface area contributed by atoms with Crippen molar-refractivity contribution >= 4 is 46.7 Å². The van der Waals surface area contributed by atoms with Crippen LogP contribution in [0.5, 0.6) is 0 Å². The Balaban J connectivity index is 1.68. The number of amides is 2.